The summed E-state index contributed by atoms with van der Waals surface area (Å²) in [6, 6.07) is 7.16. The van der Waals surface area contributed by atoms with Gasteiger partial charge in [-0.1, -0.05) is 23.9 Å². The van der Waals surface area contributed by atoms with Crippen LogP contribution < -0.4 is 0 Å². The number of hydrogen-bond acceptors (Lipinski definition) is 5. The number of nitrogens with zero attached hydrogens (tertiary/aromatic N) is 2. The van der Waals surface area contributed by atoms with Gasteiger partial charge in [0.05, 0.1) is 31.1 Å². The zero-order valence-electron chi connectivity index (χ0n) is 13.7. The summed E-state index contributed by atoms with van der Waals surface area (Å²) in [5.41, 5.74) is 1.35. The molecule has 2 atom stereocenters. The number of hydrogen-bond donors (Lipinski definition) is 0. The number of carbonyl (C=O) groups excluding carboxylic acids is 3. The van der Waals surface area contributed by atoms with E-state index in [-0.39, 0.29) is 41.5 Å². The molecule has 2 aliphatic rings. The smallest absolute Gasteiger partial charge is 0.289 e. The third-order valence-corrected chi connectivity index (χ3v) is 5.08. The predicted molar refractivity (Wildman–Crippen MR) is 90.8 cm³/mol. The normalized spacial score (nSPS) is 24.6. The van der Waals surface area contributed by atoms with E-state index in [0.29, 0.717) is 18.7 Å². The van der Waals surface area contributed by atoms with Gasteiger partial charge in [-0.25, -0.2) is 0 Å². The maximum Gasteiger partial charge on any atom is 0.289 e. The number of morpholine rings is 1. The Kier molecular flexibility index (Phi) is 4.91. The van der Waals surface area contributed by atoms with Gasteiger partial charge in [0.25, 0.3) is 11.1 Å². The summed E-state index contributed by atoms with van der Waals surface area (Å²) in [5.74, 6) is -0.0361. The van der Waals surface area contributed by atoms with Crippen LogP contribution in [0, 0.1) is 0 Å². The first kappa shape index (κ1) is 17.0. The zero-order valence-corrected chi connectivity index (χ0v) is 14.5. The lowest BCUT2D eigenvalue weighted by Gasteiger charge is -2.36. The molecular formula is C17H20N2O4S. The number of carbonyl (C=O) groups is 3. The molecule has 0 aliphatic carbocycles. The Morgan fingerprint density at radius 1 is 1.33 bits per heavy atom. The first-order chi connectivity index (χ1) is 11.5. The number of benzene rings is 1. The van der Waals surface area contributed by atoms with E-state index >= 15 is 0 Å². The summed E-state index contributed by atoms with van der Waals surface area (Å²) in [4.78, 5) is 39.3. The van der Waals surface area contributed by atoms with Crippen LogP contribution in [0.1, 0.15) is 29.8 Å². The van der Waals surface area contributed by atoms with Crippen molar-refractivity contribution in [3.8, 4) is 0 Å². The Hall–Kier alpha value is -1.86. The fourth-order valence-electron chi connectivity index (χ4n) is 2.87. The summed E-state index contributed by atoms with van der Waals surface area (Å²) in [6.07, 6.45) is 0.0187. The van der Waals surface area contributed by atoms with Crippen LogP contribution in [-0.2, 0) is 16.1 Å². The average Bonchev–Trinajstić information content (AvgIpc) is 2.88. The molecule has 2 fully saturated rings. The topological polar surface area (TPSA) is 66.9 Å². The highest BCUT2D eigenvalue weighted by Gasteiger charge is 2.31. The number of rotatable bonds is 3. The molecule has 0 unspecified atom stereocenters. The molecule has 1 aromatic rings. The van der Waals surface area contributed by atoms with E-state index in [2.05, 4.69) is 0 Å². The molecule has 0 spiro atoms. The van der Waals surface area contributed by atoms with Gasteiger partial charge < -0.3 is 9.64 Å². The van der Waals surface area contributed by atoms with Crippen molar-refractivity contribution in [2.45, 2.75) is 32.5 Å². The second-order valence-electron chi connectivity index (χ2n) is 6.19. The van der Waals surface area contributed by atoms with E-state index < -0.39 is 0 Å². The Bertz CT molecular complexity index is 662. The van der Waals surface area contributed by atoms with E-state index in [0.717, 1.165) is 17.3 Å². The van der Waals surface area contributed by atoms with Crippen molar-refractivity contribution in [2.24, 2.45) is 0 Å². The lowest BCUT2D eigenvalue weighted by Crippen LogP contribution is -2.50. The van der Waals surface area contributed by atoms with Crippen LogP contribution in [0.2, 0.25) is 0 Å². The van der Waals surface area contributed by atoms with Crippen LogP contribution in [0.15, 0.2) is 24.3 Å². The van der Waals surface area contributed by atoms with Crippen LogP contribution in [0.3, 0.4) is 0 Å². The Morgan fingerprint density at radius 3 is 2.83 bits per heavy atom. The van der Waals surface area contributed by atoms with E-state index in [1.807, 2.05) is 24.8 Å². The van der Waals surface area contributed by atoms with Crippen molar-refractivity contribution in [2.75, 3.05) is 18.9 Å². The Morgan fingerprint density at radius 2 is 2.12 bits per heavy atom. The molecule has 0 bridgehead atoms. The lowest BCUT2D eigenvalue weighted by molar-refractivity contribution is -0.125. The van der Waals surface area contributed by atoms with E-state index in [1.165, 1.54) is 4.90 Å². The van der Waals surface area contributed by atoms with E-state index in [1.54, 1.807) is 18.2 Å². The van der Waals surface area contributed by atoms with E-state index in [9.17, 15) is 14.4 Å². The van der Waals surface area contributed by atoms with Gasteiger partial charge in [-0.15, -0.1) is 0 Å². The molecule has 0 radical (unpaired) electrons. The molecule has 2 aliphatic heterocycles. The highest BCUT2D eigenvalue weighted by molar-refractivity contribution is 8.14. The van der Waals surface area contributed by atoms with Crippen molar-refractivity contribution >= 4 is 28.8 Å². The van der Waals surface area contributed by atoms with Crippen LogP contribution in [0.25, 0.3) is 0 Å². The minimum absolute atomic E-state index is 0.0187. The molecule has 128 valence electrons. The molecule has 0 N–H and O–H groups in total. The molecule has 3 amide bonds. The standard InChI is InChI=1S/C17H20N2O4S/c1-11-9-23-12(2)7-18(11)16(21)14-5-3-4-13(6-14)8-19-15(20)10-24-17(19)22/h3-6,11-12H,7-10H2,1-2H3/t11-,12+/m1/s1. The maximum absolute atomic E-state index is 12.8. The molecule has 2 saturated heterocycles. The molecule has 6 nitrogen and oxygen atoms in total. The quantitative estimate of drug-likeness (QED) is 0.837. The van der Waals surface area contributed by atoms with Crippen molar-refractivity contribution in [3.63, 3.8) is 0 Å². The van der Waals surface area contributed by atoms with Gasteiger partial charge in [-0.3, -0.25) is 19.3 Å². The molecular weight excluding hydrogens is 328 g/mol. The lowest BCUT2D eigenvalue weighted by atomic mass is 10.1. The van der Waals surface area contributed by atoms with E-state index in [4.69, 9.17) is 4.74 Å². The Balaban J connectivity index is 1.76. The number of amides is 3. The molecule has 1 aromatic carbocycles. The molecule has 7 heteroatoms. The highest BCUT2D eigenvalue weighted by Crippen LogP contribution is 2.22. The second-order valence-corrected chi connectivity index (χ2v) is 7.11. The monoisotopic (exact) mass is 348 g/mol. The van der Waals surface area contributed by atoms with Crippen LogP contribution in [0.4, 0.5) is 4.79 Å². The maximum atomic E-state index is 12.8. The largest absolute Gasteiger partial charge is 0.375 e. The first-order valence-corrected chi connectivity index (χ1v) is 8.93. The zero-order chi connectivity index (χ0) is 17.3. The average molecular weight is 348 g/mol. The second kappa shape index (κ2) is 6.94. The summed E-state index contributed by atoms with van der Waals surface area (Å²) in [7, 11) is 0. The highest BCUT2D eigenvalue weighted by atomic mass is 32.2. The summed E-state index contributed by atoms with van der Waals surface area (Å²) in [6.45, 7) is 5.21. The van der Waals surface area contributed by atoms with Gasteiger partial charge >= 0.3 is 0 Å². The van der Waals surface area contributed by atoms with Gasteiger partial charge in [0.1, 0.15) is 0 Å². The van der Waals surface area contributed by atoms with Gasteiger partial charge in [0.2, 0.25) is 5.91 Å². The first-order valence-electron chi connectivity index (χ1n) is 7.94. The van der Waals surface area contributed by atoms with Crippen molar-refractivity contribution < 1.29 is 19.1 Å². The van der Waals surface area contributed by atoms with Gasteiger partial charge in [-0.05, 0) is 31.5 Å². The van der Waals surface area contributed by atoms with Gasteiger partial charge in [0.15, 0.2) is 0 Å². The molecule has 24 heavy (non-hydrogen) atoms. The molecule has 3 rings (SSSR count). The minimum atomic E-state index is -0.229. The molecule has 0 saturated carbocycles. The Labute approximate surface area is 145 Å². The third-order valence-electron chi connectivity index (χ3n) is 4.22. The van der Waals surface area contributed by atoms with Gasteiger partial charge in [0, 0.05) is 12.1 Å². The van der Waals surface area contributed by atoms with Gasteiger partial charge in [-0.2, -0.15) is 0 Å². The van der Waals surface area contributed by atoms with Crippen LogP contribution in [0.5, 0.6) is 0 Å². The third kappa shape index (κ3) is 3.47. The minimum Gasteiger partial charge on any atom is -0.375 e. The predicted octanol–water partition coefficient (Wildman–Crippen LogP) is 2.13. The summed E-state index contributed by atoms with van der Waals surface area (Å²) in [5, 5.41) is -0.229. The number of thioether (sulfide) groups is 1. The SMILES string of the molecule is C[C@@H]1CO[C@@H](C)CN1C(=O)c1cccc(CN2C(=O)CSC2=O)c1. The fraction of sp³-hybridized carbons (Fsp3) is 0.471. The molecule has 2 heterocycles. The van der Waals surface area contributed by atoms with Crippen LogP contribution in [-0.4, -0.2) is 57.9 Å². The summed E-state index contributed by atoms with van der Waals surface area (Å²) >= 11 is 1.01. The van der Waals surface area contributed by atoms with Crippen molar-refractivity contribution in [1.29, 1.82) is 0 Å². The number of ether oxygens (including phenoxy) is 1. The van der Waals surface area contributed by atoms with Crippen molar-refractivity contribution in [3.05, 3.63) is 35.4 Å². The van der Waals surface area contributed by atoms with Crippen molar-refractivity contribution in [1.82, 2.24) is 9.80 Å². The number of imide groups is 1. The fourth-order valence-corrected chi connectivity index (χ4v) is 3.60. The molecule has 0 aromatic heterocycles. The summed E-state index contributed by atoms with van der Waals surface area (Å²) < 4.78 is 5.56. The van der Waals surface area contributed by atoms with Crippen LogP contribution >= 0.6 is 11.8 Å².